The van der Waals surface area contributed by atoms with Crippen LogP contribution in [0.4, 0.5) is 0 Å². The van der Waals surface area contributed by atoms with Crippen molar-refractivity contribution in [1.82, 2.24) is 30.4 Å². The SMILES string of the molecule is C.CCC(CC)C1CCN[C@@H](C(OC)c2ccnc3ccc(OC)cc23)C1.CCCCCN(C[C@H](C)CC)[C@@H](OC)c1ccnc2ccc(OC)cc12.c1ccc2cnncc2c1. The van der Waals surface area contributed by atoms with Crippen LogP contribution in [0.5, 0.6) is 11.5 Å². The van der Waals surface area contributed by atoms with E-state index in [0.717, 1.165) is 81.1 Å². The zero-order valence-electron chi connectivity index (χ0n) is 38.8. The molecule has 7 rings (SSSR count). The standard InChI is InChI=1S/C22H32N2O2.C22H34N2O2.C8H6N2.CH4/c1-5-15(6-2)16-9-11-24-21(13-16)22(26-4)18-10-12-23-20-8-7-17(25-3)14-19(18)20;1-6-8-9-14-24(16-17(3)7-2)22(26-5)19-12-13-23-21-11-10-18(25-4)15-20(19)21;1-2-4-8-6-10-9-5-7(8)3-1;/h7-8,10,12,14-16,21-22,24H,5-6,9,11,13H2,1-4H3;10-13,15,17,22H,6-9,14,16H2,1-5H3;1-6H;1H4/t16?,21-,22?;17-,22+;;/m11../s1. The third kappa shape index (κ3) is 13.9. The number of fused-ring (bicyclic) bond motifs is 3. The number of benzene rings is 3. The Labute approximate surface area is 378 Å². The van der Waals surface area contributed by atoms with Crippen LogP contribution >= 0.6 is 0 Å². The number of nitrogens with one attached hydrogen (secondary N) is 1. The largest absolute Gasteiger partial charge is 0.497 e. The first-order valence-corrected chi connectivity index (χ1v) is 22.9. The summed E-state index contributed by atoms with van der Waals surface area (Å²) in [6, 6.07) is 24.6. The predicted octanol–water partition coefficient (Wildman–Crippen LogP) is 12.4. The van der Waals surface area contributed by atoms with Crippen LogP contribution in [0.15, 0.2) is 97.6 Å². The van der Waals surface area contributed by atoms with Crippen molar-refractivity contribution < 1.29 is 18.9 Å². The number of aromatic nitrogens is 4. The van der Waals surface area contributed by atoms with Gasteiger partial charge >= 0.3 is 0 Å². The minimum Gasteiger partial charge on any atom is -0.497 e. The molecule has 1 N–H and O–H groups in total. The molecular weight excluding hydrogens is 785 g/mol. The summed E-state index contributed by atoms with van der Waals surface area (Å²) in [6.07, 6.45) is 17.0. The van der Waals surface area contributed by atoms with Crippen molar-refractivity contribution in [3.05, 3.63) is 109 Å². The van der Waals surface area contributed by atoms with E-state index < -0.39 is 0 Å². The first-order valence-electron chi connectivity index (χ1n) is 22.9. The Morgan fingerprint density at radius 3 is 1.83 bits per heavy atom. The molecule has 5 atom stereocenters. The molecule has 342 valence electrons. The van der Waals surface area contributed by atoms with Crippen molar-refractivity contribution in [2.75, 3.05) is 48.1 Å². The molecule has 0 saturated carbocycles. The number of hydrogen-bond acceptors (Lipinski definition) is 10. The molecular formula is C53H76N6O4. The van der Waals surface area contributed by atoms with Gasteiger partial charge in [0.25, 0.3) is 0 Å². The molecule has 4 heterocycles. The van der Waals surface area contributed by atoms with Crippen LogP contribution in [0.25, 0.3) is 32.6 Å². The topological polar surface area (TPSA) is 104 Å². The Kier molecular flexibility index (Phi) is 21.6. The van der Waals surface area contributed by atoms with Crippen LogP contribution in [0, 0.1) is 17.8 Å². The highest BCUT2D eigenvalue weighted by Crippen LogP contribution is 2.37. The predicted molar refractivity (Wildman–Crippen MR) is 261 cm³/mol. The third-order valence-electron chi connectivity index (χ3n) is 12.7. The molecule has 0 bridgehead atoms. The van der Waals surface area contributed by atoms with Crippen LogP contribution in [-0.2, 0) is 9.47 Å². The maximum atomic E-state index is 6.02. The molecule has 0 spiro atoms. The third-order valence-corrected chi connectivity index (χ3v) is 12.7. The summed E-state index contributed by atoms with van der Waals surface area (Å²) in [5.41, 5.74) is 4.32. The lowest BCUT2D eigenvalue weighted by molar-refractivity contribution is -0.0416. The summed E-state index contributed by atoms with van der Waals surface area (Å²) in [4.78, 5) is 11.5. The number of hydrogen-bond donors (Lipinski definition) is 1. The average molecular weight is 861 g/mol. The molecule has 10 nitrogen and oxygen atoms in total. The molecule has 2 unspecified atom stereocenters. The average Bonchev–Trinajstić information content (AvgIpc) is 3.32. The second-order valence-corrected chi connectivity index (χ2v) is 16.6. The smallest absolute Gasteiger partial charge is 0.137 e. The Morgan fingerprint density at radius 1 is 0.714 bits per heavy atom. The van der Waals surface area contributed by atoms with Crippen molar-refractivity contribution in [2.24, 2.45) is 17.8 Å². The summed E-state index contributed by atoms with van der Waals surface area (Å²) in [5.74, 6) is 3.93. The molecule has 6 aromatic rings. The zero-order valence-corrected chi connectivity index (χ0v) is 38.8. The number of piperidine rings is 1. The van der Waals surface area contributed by atoms with Gasteiger partial charge in [-0.2, -0.15) is 10.2 Å². The van der Waals surface area contributed by atoms with E-state index in [1.54, 1.807) is 33.7 Å². The monoisotopic (exact) mass is 861 g/mol. The zero-order chi connectivity index (χ0) is 44.3. The second-order valence-electron chi connectivity index (χ2n) is 16.6. The first kappa shape index (κ1) is 50.9. The summed E-state index contributed by atoms with van der Waals surface area (Å²) in [5, 5.41) is 15.7. The molecule has 3 aromatic carbocycles. The number of nitrogens with zero attached hydrogens (tertiary/aromatic N) is 5. The first-order chi connectivity index (χ1) is 30.3. The van der Waals surface area contributed by atoms with Gasteiger partial charge in [0.2, 0.25) is 0 Å². The highest BCUT2D eigenvalue weighted by atomic mass is 16.5. The van der Waals surface area contributed by atoms with Gasteiger partial charge < -0.3 is 24.3 Å². The van der Waals surface area contributed by atoms with Crippen molar-refractivity contribution in [3.63, 3.8) is 0 Å². The number of unbranched alkanes of at least 4 members (excludes halogenated alkanes) is 2. The van der Waals surface area contributed by atoms with Gasteiger partial charge in [-0.1, -0.05) is 98.4 Å². The van der Waals surface area contributed by atoms with Gasteiger partial charge in [-0.15, -0.1) is 0 Å². The molecule has 3 aromatic heterocycles. The molecule has 1 aliphatic rings. The van der Waals surface area contributed by atoms with Crippen LogP contribution in [0.3, 0.4) is 0 Å². The molecule has 1 fully saturated rings. The van der Waals surface area contributed by atoms with E-state index in [0.29, 0.717) is 12.0 Å². The van der Waals surface area contributed by atoms with Crippen LogP contribution < -0.4 is 14.8 Å². The van der Waals surface area contributed by atoms with E-state index in [9.17, 15) is 0 Å². The number of pyridine rings is 2. The normalized spacial score (nSPS) is 16.4. The fourth-order valence-electron chi connectivity index (χ4n) is 8.92. The van der Waals surface area contributed by atoms with Gasteiger partial charge in [-0.05, 0) is 97.7 Å². The molecule has 0 aliphatic carbocycles. The lowest BCUT2D eigenvalue weighted by atomic mass is 9.77. The van der Waals surface area contributed by atoms with Crippen molar-refractivity contribution >= 4 is 32.6 Å². The highest BCUT2D eigenvalue weighted by Gasteiger charge is 2.33. The van der Waals surface area contributed by atoms with Gasteiger partial charge in [0, 0.05) is 72.9 Å². The van der Waals surface area contributed by atoms with Crippen molar-refractivity contribution in [2.45, 2.75) is 112 Å². The number of methoxy groups -OCH3 is 4. The van der Waals surface area contributed by atoms with Gasteiger partial charge in [-0.25, -0.2) is 0 Å². The summed E-state index contributed by atoms with van der Waals surface area (Å²) in [6.45, 7) is 14.6. The fraction of sp³-hybridized carbons (Fsp3) is 0.509. The molecule has 63 heavy (non-hydrogen) atoms. The van der Waals surface area contributed by atoms with E-state index in [1.807, 2.05) is 68.0 Å². The molecule has 0 radical (unpaired) electrons. The minimum absolute atomic E-state index is 0. The Balaban J connectivity index is 0.000000224. The Morgan fingerprint density at radius 2 is 1.30 bits per heavy atom. The van der Waals surface area contributed by atoms with E-state index in [1.165, 1.54) is 56.9 Å². The van der Waals surface area contributed by atoms with E-state index in [2.05, 4.69) is 89.3 Å². The number of rotatable bonds is 18. The maximum absolute atomic E-state index is 6.02. The summed E-state index contributed by atoms with van der Waals surface area (Å²) in [7, 11) is 7.03. The van der Waals surface area contributed by atoms with Gasteiger partial charge in [0.15, 0.2) is 0 Å². The van der Waals surface area contributed by atoms with Gasteiger partial charge in [0.05, 0.1) is 43.8 Å². The molecule has 10 heteroatoms. The van der Waals surface area contributed by atoms with Crippen LogP contribution in [0.2, 0.25) is 0 Å². The van der Waals surface area contributed by atoms with E-state index in [-0.39, 0.29) is 19.8 Å². The highest BCUT2D eigenvalue weighted by molar-refractivity contribution is 5.85. The summed E-state index contributed by atoms with van der Waals surface area (Å²) < 4.78 is 22.9. The minimum atomic E-state index is -0.0709. The van der Waals surface area contributed by atoms with E-state index >= 15 is 0 Å². The van der Waals surface area contributed by atoms with E-state index in [4.69, 9.17) is 18.9 Å². The molecule has 1 aliphatic heterocycles. The Hall–Kier alpha value is -4.74. The van der Waals surface area contributed by atoms with Crippen LogP contribution in [-0.4, -0.2) is 79.2 Å². The Bertz CT molecular complexity index is 2150. The summed E-state index contributed by atoms with van der Waals surface area (Å²) >= 11 is 0. The quantitative estimate of drug-likeness (QED) is 0.0663. The van der Waals surface area contributed by atoms with Crippen molar-refractivity contribution in [1.29, 1.82) is 0 Å². The molecule has 1 saturated heterocycles. The fourth-order valence-corrected chi connectivity index (χ4v) is 8.92. The second kappa shape index (κ2) is 26.8. The van der Waals surface area contributed by atoms with Gasteiger partial charge in [-0.3, -0.25) is 14.9 Å². The lowest BCUT2D eigenvalue weighted by Gasteiger charge is -2.38. The van der Waals surface area contributed by atoms with Crippen LogP contribution in [0.1, 0.15) is 117 Å². The lowest BCUT2D eigenvalue weighted by Crippen LogP contribution is -2.44. The van der Waals surface area contributed by atoms with Crippen molar-refractivity contribution in [3.8, 4) is 11.5 Å². The number of ether oxygens (including phenoxy) is 4. The van der Waals surface area contributed by atoms with Gasteiger partial charge in [0.1, 0.15) is 17.7 Å². The molecule has 0 amide bonds. The maximum Gasteiger partial charge on any atom is 0.137 e.